The van der Waals surface area contributed by atoms with E-state index in [1.807, 2.05) is 12.1 Å². The van der Waals surface area contributed by atoms with Crippen molar-refractivity contribution in [1.82, 2.24) is 15.6 Å². The molecular formula is C18H21N3O3. The van der Waals surface area contributed by atoms with Crippen LogP contribution in [0.2, 0.25) is 0 Å². The number of carbonyl (C=O) groups excluding carboxylic acids is 2. The Morgan fingerprint density at radius 1 is 1.04 bits per heavy atom. The van der Waals surface area contributed by atoms with Crippen molar-refractivity contribution in [2.75, 3.05) is 20.3 Å². The van der Waals surface area contributed by atoms with Gasteiger partial charge in [0.1, 0.15) is 0 Å². The number of amides is 2. The molecule has 0 aliphatic rings. The van der Waals surface area contributed by atoms with Crippen LogP contribution in [-0.2, 0) is 11.3 Å². The SMILES string of the molecule is COCCCNC(=O)c1cccc(C(=O)NCc2ccncc2)c1. The molecule has 0 aliphatic heterocycles. The molecule has 0 unspecified atom stereocenters. The predicted octanol–water partition coefficient (Wildman–Crippen LogP) is 1.78. The molecule has 0 aliphatic carbocycles. The molecular weight excluding hydrogens is 306 g/mol. The zero-order valence-corrected chi connectivity index (χ0v) is 13.6. The summed E-state index contributed by atoms with van der Waals surface area (Å²) in [4.78, 5) is 28.2. The average molecular weight is 327 g/mol. The molecule has 2 amide bonds. The molecule has 0 fully saturated rings. The minimum absolute atomic E-state index is 0.199. The number of ether oxygens (including phenoxy) is 1. The van der Waals surface area contributed by atoms with Gasteiger partial charge in [-0.05, 0) is 42.3 Å². The first-order valence-electron chi connectivity index (χ1n) is 7.75. The van der Waals surface area contributed by atoms with Gasteiger partial charge in [0.05, 0.1) is 0 Å². The molecule has 0 spiro atoms. The highest BCUT2D eigenvalue weighted by Crippen LogP contribution is 2.06. The predicted molar refractivity (Wildman–Crippen MR) is 90.7 cm³/mol. The van der Waals surface area contributed by atoms with E-state index in [2.05, 4.69) is 15.6 Å². The van der Waals surface area contributed by atoms with E-state index in [1.54, 1.807) is 43.8 Å². The van der Waals surface area contributed by atoms with Crippen molar-refractivity contribution >= 4 is 11.8 Å². The van der Waals surface area contributed by atoms with Crippen molar-refractivity contribution in [1.29, 1.82) is 0 Å². The fourth-order valence-corrected chi connectivity index (χ4v) is 2.11. The van der Waals surface area contributed by atoms with Gasteiger partial charge in [-0.25, -0.2) is 0 Å². The van der Waals surface area contributed by atoms with E-state index in [9.17, 15) is 9.59 Å². The third-order valence-corrected chi connectivity index (χ3v) is 3.40. The van der Waals surface area contributed by atoms with Crippen LogP contribution in [0.25, 0.3) is 0 Å². The molecule has 1 heterocycles. The Morgan fingerprint density at radius 3 is 2.38 bits per heavy atom. The van der Waals surface area contributed by atoms with E-state index >= 15 is 0 Å². The number of hydrogen-bond donors (Lipinski definition) is 2. The molecule has 2 aromatic rings. The molecule has 24 heavy (non-hydrogen) atoms. The third kappa shape index (κ3) is 5.48. The number of nitrogens with one attached hydrogen (secondary N) is 2. The van der Waals surface area contributed by atoms with E-state index in [1.165, 1.54) is 0 Å². The van der Waals surface area contributed by atoms with Crippen LogP contribution in [0.3, 0.4) is 0 Å². The summed E-state index contributed by atoms with van der Waals surface area (Å²) in [6, 6.07) is 10.3. The lowest BCUT2D eigenvalue weighted by atomic mass is 10.1. The van der Waals surface area contributed by atoms with Gasteiger partial charge in [0.25, 0.3) is 11.8 Å². The number of aromatic nitrogens is 1. The standard InChI is InChI=1S/C18H21N3O3/c1-24-11-3-8-20-17(22)15-4-2-5-16(12-15)18(23)21-13-14-6-9-19-10-7-14/h2,4-7,9-10,12H,3,8,11,13H2,1H3,(H,20,22)(H,21,23). The molecule has 0 bridgehead atoms. The van der Waals surface area contributed by atoms with Gasteiger partial charge in [-0.1, -0.05) is 6.07 Å². The van der Waals surface area contributed by atoms with Gasteiger partial charge in [0.15, 0.2) is 0 Å². The van der Waals surface area contributed by atoms with Crippen molar-refractivity contribution in [3.05, 3.63) is 65.5 Å². The van der Waals surface area contributed by atoms with Crippen LogP contribution < -0.4 is 10.6 Å². The monoisotopic (exact) mass is 327 g/mol. The summed E-state index contributed by atoms with van der Waals surface area (Å²) in [7, 11) is 1.62. The van der Waals surface area contributed by atoms with Crippen LogP contribution in [0.15, 0.2) is 48.8 Å². The largest absolute Gasteiger partial charge is 0.385 e. The Balaban J connectivity index is 1.91. The highest BCUT2D eigenvalue weighted by atomic mass is 16.5. The molecule has 126 valence electrons. The first-order chi connectivity index (χ1) is 11.7. The quantitative estimate of drug-likeness (QED) is 0.724. The normalized spacial score (nSPS) is 10.2. The van der Waals surface area contributed by atoms with Crippen LogP contribution in [0.1, 0.15) is 32.7 Å². The Morgan fingerprint density at radius 2 is 1.71 bits per heavy atom. The lowest BCUT2D eigenvalue weighted by Crippen LogP contribution is -2.26. The number of benzene rings is 1. The Bertz CT molecular complexity index is 674. The maximum Gasteiger partial charge on any atom is 0.251 e. The van der Waals surface area contributed by atoms with Crippen LogP contribution in [0, 0.1) is 0 Å². The first kappa shape index (κ1) is 17.6. The number of methoxy groups -OCH3 is 1. The van der Waals surface area contributed by atoms with Crippen molar-refractivity contribution in [2.45, 2.75) is 13.0 Å². The van der Waals surface area contributed by atoms with Gasteiger partial charge in [-0.3, -0.25) is 14.6 Å². The lowest BCUT2D eigenvalue weighted by Gasteiger charge is -2.08. The minimum atomic E-state index is -0.221. The van der Waals surface area contributed by atoms with Gasteiger partial charge in [0.2, 0.25) is 0 Å². The van der Waals surface area contributed by atoms with Gasteiger partial charge in [-0.2, -0.15) is 0 Å². The van der Waals surface area contributed by atoms with Gasteiger partial charge in [0, 0.05) is 50.3 Å². The summed E-state index contributed by atoms with van der Waals surface area (Å²) in [5.41, 5.74) is 1.88. The number of nitrogens with zero attached hydrogens (tertiary/aromatic N) is 1. The van der Waals surface area contributed by atoms with Crippen LogP contribution in [-0.4, -0.2) is 37.1 Å². The Hall–Kier alpha value is -2.73. The maximum absolute atomic E-state index is 12.2. The molecule has 2 N–H and O–H groups in total. The molecule has 0 atom stereocenters. The second kappa shape index (κ2) is 9.42. The van der Waals surface area contributed by atoms with Crippen molar-refractivity contribution in [3.63, 3.8) is 0 Å². The minimum Gasteiger partial charge on any atom is -0.385 e. The number of pyridine rings is 1. The highest BCUT2D eigenvalue weighted by Gasteiger charge is 2.10. The molecule has 0 saturated heterocycles. The summed E-state index contributed by atoms with van der Waals surface area (Å²) in [6.45, 7) is 1.54. The second-order valence-corrected chi connectivity index (χ2v) is 5.22. The Labute approximate surface area is 141 Å². The summed E-state index contributed by atoms with van der Waals surface area (Å²) >= 11 is 0. The highest BCUT2D eigenvalue weighted by molar-refractivity contribution is 5.99. The fourth-order valence-electron chi connectivity index (χ4n) is 2.11. The smallest absolute Gasteiger partial charge is 0.251 e. The summed E-state index contributed by atoms with van der Waals surface area (Å²) in [5.74, 6) is -0.421. The topological polar surface area (TPSA) is 80.3 Å². The Kier molecular flexibility index (Phi) is 6.91. The van der Waals surface area contributed by atoms with Crippen molar-refractivity contribution < 1.29 is 14.3 Å². The van der Waals surface area contributed by atoms with Crippen LogP contribution in [0.4, 0.5) is 0 Å². The van der Waals surface area contributed by atoms with Crippen molar-refractivity contribution in [2.24, 2.45) is 0 Å². The van der Waals surface area contributed by atoms with E-state index in [0.717, 1.165) is 12.0 Å². The van der Waals surface area contributed by atoms with E-state index in [0.29, 0.717) is 30.8 Å². The number of carbonyl (C=O) groups is 2. The zero-order chi connectivity index (χ0) is 17.2. The van der Waals surface area contributed by atoms with Crippen LogP contribution in [0.5, 0.6) is 0 Å². The summed E-state index contributed by atoms with van der Waals surface area (Å²) in [6.07, 6.45) is 4.10. The molecule has 6 heteroatoms. The van der Waals surface area contributed by atoms with E-state index < -0.39 is 0 Å². The molecule has 1 aromatic carbocycles. The first-order valence-corrected chi connectivity index (χ1v) is 7.75. The average Bonchev–Trinajstić information content (AvgIpc) is 2.64. The molecule has 0 radical (unpaired) electrons. The zero-order valence-electron chi connectivity index (χ0n) is 13.6. The van der Waals surface area contributed by atoms with Crippen molar-refractivity contribution in [3.8, 4) is 0 Å². The van der Waals surface area contributed by atoms with E-state index in [-0.39, 0.29) is 11.8 Å². The van der Waals surface area contributed by atoms with Crippen LogP contribution >= 0.6 is 0 Å². The lowest BCUT2D eigenvalue weighted by molar-refractivity contribution is 0.0948. The van der Waals surface area contributed by atoms with E-state index in [4.69, 9.17) is 4.74 Å². The summed E-state index contributed by atoms with van der Waals surface area (Å²) in [5, 5.41) is 5.63. The molecule has 2 rings (SSSR count). The van der Waals surface area contributed by atoms with Gasteiger partial charge in [-0.15, -0.1) is 0 Å². The fraction of sp³-hybridized carbons (Fsp3) is 0.278. The molecule has 0 saturated carbocycles. The molecule has 6 nitrogen and oxygen atoms in total. The second-order valence-electron chi connectivity index (χ2n) is 5.22. The summed E-state index contributed by atoms with van der Waals surface area (Å²) < 4.78 is 4.94. The number of hydrogen-bond acceptors (Lipinski definition) is 4. The van der Waals surface area contributed by atoms with Gasteiger partial charge >= 0.3 is 0 Å². The number of rotatable bonds is 8. The maximum atomic E-state index is 12.2. The van der Waals surface area contributed by atoms with Gasteiger partial charge < -0.3 is 15.4 Å². The third-order valence-electron chi connectivity index (χ3n) is 3.40. The molecule has 1 aromatic heterocycles.